The molecular weight excluding hydrogens is 636 g/mol. The molecule has 4 heterocycles. The number of ether oxygens (including phenoxy) is 4. The molecule has 0 bridgehead atoms. The molecule has 0 atom stereocenters. The lowest BCUT2D eigenvalue weighted by atomic mass is 10.0. The molecule has 1 saturated heterocycles. The molecule has 1 fully saturated rings. The largest absolute Gasteiger partial charge is 0.493 e. The van der Waals surface area contributed by atoms with Crippen molar-refractivity contribution in [2.24, 2.45) is 5.92 Å². The van der Waals surface area contributed by atoms with Crippen LogP contribution in [0.25, 0.3) is 16.6 Å². The molecule has 12 heteroatoms. The van der Waals surface area contributed by atoms with Gasteiger partial charge in [-0.1, -0.05) is 6.07 Å². The number of halogens is 2. The fourth-order valence-corrected chi connectivity index (χ4v) is 6.18. The third-order valence-corrected chi connectivity index (χ3v) is 8.76. The number of aliphatic hydroxyl groups is 1. The number of carbonyl (C=O) groups is 1. The number of aliphatic hydroxyl groups excluding tert-OH is 1. The van der Waals surface area contributed by atoms with Crippen molar-refractivity contribution in [3.05, 3.63) is 112 Å². The number of carbonyl (C=O) groups excluding carboxylic acids is 1. The molecule has 3 aromatic carbocycles. The van der Waals surface area contributed by atoms with E-state index in [2.05, 4.69) is 9.88 Å². The van der Waals surface area contributed by atoms with Crippen molar-refractivity contribution in [1.29, 1.82) is 0 Å². The van der Waals surface area contributed by atoms with Crippen LogP contribution >= 0.6 is 0 Å². The van der Waals surface area contributed by atoms with Gasteiger partial charge in [-0.2, -0.15) is 0 Å². The molecule has 2 aliphatic rings. The summed E-state index contributed by atoms with van der Waals surface area (Å²) in [5.41, 5.74) is 1.27. The van der Waals surface area contributed by atoms with Gasteiger partial charge in [0.05, 0.1) is 19.2 Å². The maximum Gasteiger partial charge on any atom is 0.269 e. The lowest BCUT2D eigenvalue weighted by Crippen LogP contribution is -2.49. The van der Waals surface area contributed by atoms with Crippen LogP contribution in [0.1, 0.15) is 21.5 Å². The van der Waals surface area contributed by atoms with Crippen molar-refractivity contribution >= 4 is 16.7 Å². The maximum absolute atomic E-state index is 15.5. The van der Waals surface area contributed by atoms with Gasteiger partial charge in [0.15, 0.2) is 28.8 Å². The van der Waals surface area contributed by atoms with Crippen molar-refractivity contribution in [2.75, 3.05) is 46.6 Å². The fraction of sp³-hybridized carbons (Fsp3) is 0.270. The number of likely N-dealkylation sites (tertiary alicyclic amines) is 1. The number of Topliss-reactive ketones (excluding diaryl/α,β-unsaturated/α-hetero) is 1. The number of methoxy groups -OCH3 is 1. The van der Waals surface area contributed by atoms with Gasteiger partial charge >= 0.3 is 0 Å². The van der Waals surface area contributed by atoms with E-state index in [9.17, 15) is 19.1 Å². The second-order valence-electron chi connectivity index (χ2n) is 12.1. The van der Waals surface area contributed by atoms with E-state index in [0.717, 1.165) is 13.1 Å². The van der Waals surface area contributed by atoms with E-state index < -0.39 is 23.0 Å². The van der Waals surface area contributed by atoms with E-state index in [1.54, 1.807) is 36.7 Å². The highest BCUT2D eigenvalue weighted by atomic mass is 19.1. The molecule has 0 amide bonds. The van der Waals surface area contributed by atoms with Gasteiger partial charge in [0.1, 0.15) is 29.5 Å². The van der Waals surface area contributed by atoms with E-state index >= 15 is 4.39 Å². The van der Waals surface area contributed by atoms with Crippen LogP contribution in [0.3, 0.4) is 0 Å². The highest BCUT2D eigenvalue weighted by Crippen LogP contribution is 2.38. The van der Waals surface area contributed by atoms with E-state index in [0.29, 0.717) is 77.1 Å². The van der Waals surface area contributed by atoms with E-state index in [1.165, 1.54) is 48.1 Å². The second kappa shape index (κ2) is 13.7. The summed E-state index contributed by atoms with van der Waals surface area (Å²) < 4.78 is 53.5. The first-order chi connectivity index (χ1) is 23.8. The van der Waals surface area contributed by atoms with Crippen LogP contribution in [-0.4, -0.2) is 71.9 Å². The predicted octanol–water partition coefficient (Wildman–Crippen LogP) is 5.13. The first kappa shape index (κ1) is 32.2. The van der Waals surface area contributed by atoms with Crippen LogP contribution in [0, 0.1) is 17.6 Å². The molecule has 7 rings (SSSR count). The summed E-state index contributed by atoms with van der Waals surface area (Å²) in [5.74, 6) is 0.121. The molecule has 49 heavy (non-hydrogen) atoms. The maximum atomic E-state index is 15.5. The number of aromatic nitrogens is 2. The normalized spacial score (nSPS) is 14.3. The SMILES string of the molecule is COc1cc2c(Oc3ccc(CC(=O)c4c5c(cn(-c6ccc(F)cc6)c4=O)CCO5)cc3F)ccnc2cc1OCCN1CC(CO)C1. The third-order valence-electron chi connectivity index (χ3n) is 8.76. The summed E-state index contributed by atoms with van der Waals surface area (Å²) in [6.45, 7) is 3.34. The first-order valence-corrected chi connectivity index (χ1v) is 15.9. The molecule has 5 aromatic rings. The standard InChI is InChI=1S/C37H33F2N3O7/c1-46-33-16-27-29(17-34(33)47-13-11-41-18-23(19-41)21-43)40-10-8-31(27)49-32-7-2-22(14-28(32)39)15-30(44)35-36-24(9-12-48-36)20-42(37(35)45)26-5-3-25(38)4-6-26/h2-8,10,14,16-17,20,23,43H,9,11-13,15,18-19,21H2,1H3. The minimum absolute atomic E-state index is 0.0682. The number of hydrogen-bond donors (Lipinski definition) is 1. The number of ketones is 1. The van der Waals surface area contributed by atoms with Crippen molar-refractivity contribution in [2.45, 2.75) is 12.8 Å². The first-order valence-electron chi connectivity index (χ1n) is 15.9. The van der Waals surface area contributed by atoms with Gasteiger partial charge in [-0.05, 0) is 54.1 Å². The quantitative estimate of drug-likeness (QED) is 0.181. The van der Waals surface area contributed by atoms with E-state index in [4.69, 9.17) is 18.9 Å². The molecule has 0 radical (unpaired) electrons. The molecule has 0 aliphatic carbocycles. The Morgan fingerprint density at radius 3 is 2.59 bits per heavy atom. The molecular formula is C37H33F2N3O7. The summed E-state index contributed by atoms with van der Waals surface area (Å²) in [4.78, 5) is 33.7. The van der Waals surface area contributed by atoms with Crippen molar-refractivity contribution in [1.82, 2.24) is 14.5 Å². The summed E-state index contributed by atoms with van der Waals surface area (Å²) in [7, 11) is 1.53. The highest BCUT2D eigenvalue weighted by molar-refractivity contribution is 6.00. The molecule has 1 N–H and O–H groups in total. The average Bonchev–Trinajstić information content (AvgIpc) is 3.55. The average molecular weight is 670 g/mol. The Labute approximate surface area is 280 Å². The van der Waals surface area contributed by atoms with Gasteiger partial charge in [0.2, 0.25) is 0 Å². The van der Waals surface area contributed by atoms with Gasteiger partial charge in [-0.25, -0.2) is 8.78 Å². The summed E-state index contributed by atoms with van der Waals surface area (Å²) in [6.07, 6.45) is 3.41. The zero-order valence-electron chi connectivity index (χ0n) is 26.7. The van der Waals surface area contributed by atoms with E-state index in [-0.39, 0.29) is 30.1 Å². The summed E-state index contributed by atoms with van der Waals surface area (Å²) in [6, 6.07) is 14.7. The zero-order chi connectivity index (χ0) is 34.1. The number of pyridine rings is 2. The number of benzene rings is 3. The summed E-state index contributed by atoms with van der Waals surface area (Å²) in [5, 5.41) is 9.80. The number of rotatable bonds is 12. The van der Waals surface area contributed by atoms with Crippen LogP contribution in [-0.2, 0) is 12.8 Å². The Hall–Kier alpha value is -5.33. The lowest BCUT2D eigenvalue weighted by Gasteiger charge is -2.38. The van der Waals surface area contributed by atoms with Crippen molar-refractivity contribution < 1.29 is 37.6 Å². The molecule has 252 valence electrons. The van der Waals surface area contributed by atoms with Crippen LogP contribution in [0.4, 0.5) is 8.78 Å². The topological polar surface area (TPSA) is 112 Å². The van der Waals surface area contributed by atoms with Gasteiger partial charge in [0.25, 0.3) is 5.56 Å². The summed E-state index contributed by atoms with van der Waals surface area (Å²) >= 11 is 0. The van der Waals surface area contributed by atoms with Gasteiger partial charge < -0.3 is 24.1 Å². The number of nitrogens with zero attached hydrogens (tertiary/aromatic N) is 3. The minimum Gasteiger partial charge on any atom is -0.493 e. The lowest BCUT2D eigenvalue weighted by molar-refractivity contribution is 0.0436. The van der Waals surface area contributed by atoms with Gasteiger partial charge in [0, 0.05) is 80.1 Å². The van der Waals surface area contributed by atoms with Crippen molar-refractivity contribution in [3.63, 3.8) is 0 Å². The third kappa shape index (κ3) is 6.57. The van der Waals surface area contributed by atoms with Gasteiger partial charge in [-0.3, -0.25) is 24.0 Å². The van der Waals surface area contributed by atoms with Crippen molar-refractivity contribution in [3.8, 4) is 34.4 Å². The molecule has 0 saturated carbocycles. The molecule has 0 spiro atoms. The van der Waals surface area contributed by atoms with E-state index in [1.807, 2.05) is 0 Å². The molecule has 0 unspecified atom stereocenters. The Morgan fingerprint density at radius 2 is 1.84 bits per heavy atom. The Balaban J connectivity index is 1.09. The second-order valence-corrected chi connectivity index (χ2v) is 12.1. The Bertz CT molecular complexity index is 2100. The van der Waals surface area contributed by atoms with Crippen LogP contribution < -0.4 is 24.5 Å². The Kier molecular flexibility index (Phi) is 8.98. The minimum atomic E-state index is -0.699. The Morgan fingerprint density at radius 1 is 1.02 bits per heavy atom. The van der Waals surface area contributed by atoms with Crippen LogP contribution in [0.5, 0.6) is 28.7 Å². The predicted molar refractivity (Wildman–Crippen MR) is 177 cm³/mol. The highest BCUT2D eigenvalue weighted by Gasteiger charge is 2.28. The fourth-order valence-electron chi connectivity index (χ4n) is 6.18. The molecule has 2 aliphatic heterocycles. The zero-order valence-corrected chi connectivity index (χ0v) is 26.7. The van der Waals surface area contributed by atoms with Crippen LogP contribution in [0.2, 0.25) is 0 Å². The smallest absolute Gasteiger partial charge is 0.269 e. The number of fused-ring (bicyclic) bond motifs is 2. The van der Waals surface area contributed by atoms with Crippen LogP contribution in [0.15, 0.2) is 77.9 Å². The number of hydrogen-bond acceptors (Lipinski definition) is 9. The molecule has 10 nitrogen and oxygen atoms in total. The monoisotopic (exact) mass is 669 g/mol. The molecule has 2 aromatic heterocycles. The van der Waals surface area contributed by atoms with Gasteiger partial charge in [-0.15, -0.1) is 0 Å².